The van der Waals surface area contributed by atoms with Crippen molar-refractivity contribution in [1.29, 1.82) is 10.5 Å². The molecule has 1 aromatic carbocycles. The van der Waals surface area contributed by atoms with E-state index in [1.807, 2.05) is 12.1 Å². The van der Waals surface area contributed by atoms with Crippen LogP contribution in [-0.2, 0) is 0 Å². The Morgan fingerprint density at radius 1 is 0.773 bits per heavy atom. The predicted molar refractivity (Wildman–Crippen MR) is 96.4 cm³/mol. The van der Waals surface area contributed by atoms with E-state index in [1.165, 1.54) is 25.7 Å². The minimum Gasteiger partial charge on any atom is -0.192 e. The van der Waals surface area contributed by atoms with Crippen LogP contribution in [0.5, 0.6) is 0 Å². The van der Waals surface area contributed by atoms with Crippen LogP contribution >= 0.6 is 23.5 Å². The van der Waals surface area contributed by atoms with Crippen LogP contribution in [0.1, 0.15) is 63.5 Å². The Labute approximate surface area is 143 Å². The monoisotopic (exact) mass is 332 g/mol. The van der Waals surface area contributed by atoms with Crippen LogP contribution in [-0.4, -0.2) is 11.5 Å². The highest BCUT2D eigenvalue weighted by Crippen LogP contribution is 2.32. The molecule has 0 spiro atoms. The second-order valence-electron chi connectivity index (χ2n) is 5.15. The molecule has 0 aliphatic carbocycles. The Kier molecular flexibility index (Phi) is 9.87. The Hall–Kier alpha value is -1.10. The van der Waals surface area contributed by atoms with E-state index in [2.05, 4.69) is 26.0 Å². The first-order valence-corrected chi connectivity index (χ1v) is 9.98. The molecule has 0 heterocycles. The molecule has 0 aromatic heterocycles. The van der Waals surface area contributed by atoms with Crippen molar-refractivity contribution in [2.24, 2.45) is 0 Å². The van der Waals surface area contributed by atoms with Gasteiger partial charge in [-0.15, -0.1) is 23.5 Å². The van der Waals surface area contributed by atoms with Gasteiger partial charge < -0.3 is 0 Å². The Morgan fingerprint density at radius 3 is 1.50 bits per heavy atom. The molecule has 0 fully saturated rings. The van der Waals surface area contributed by atoms with Crippen LogP contribution in [0.4, 0.5) is 0 Å². The van der Waals surface area contributed by atoms with E-state index in [9.17, 15) is 10.5 Å². The average molecular weight is 333 g/mol. The molecule has 0 atom stereocenters. The molecule has 0 unspecified atom stereocenters. The van der Waals surface area contributed by atoms with Crippen LogP contribution in [0.25, 0.3) is 0 Å². The smallest absolute Gasteiger partial charge is 0.102 e. The minimum absolute atomic E-state index is 0.560. The van der Waals surface area contributed by atoms with E-state index in [0.29, 0.717) is 11.1 Å². The van der Waals surface area contributed by atoms with Crippen molar-refractivity contribution in [2.45, 2.75) is 62.2 Å². The van der Waals surface area contributed by atoms with Gasteiger partial charge >= 0.3 is 0 Å². The molecule has 0 saturated carbocycles. The normalized spacial score (nSPS) is 10.2. The van der Waals surface area contributed by atoms with Crippen LogP contribution in [0.2, 0.25) is 0 Å². The molecule has 0 aliphatic heterocycles. The summed E-state index contributed by atoms with van der Waals surface area (Å²) in [6.07, 6.45) is 7.13. The SMILES string of the molecule is CCCCCSc1ccc(SCCCCC)c(C#N)c1C#N. The lowest BCUT2D eigenvalue weighted by molar-refractivity contribution is 0.778. The molecular weight excluding hydrogens is 308 g/mol. The van der Waals surface area contributed by atoms with Gasteiger partial charge in [0.05, 0.1) is 11.1 Å². The molecule has 4 heteroatoms. The highest BCUT2D eigenvalue weighted by molar-refractivity contribution is 7.99. The van der Waals surface area contributed by atoms with Gasteiger partial charge in [-0.1, -0.05) is 39.5 Å². The van der Waals surface area contributed by atoms with Gasteiger partial charge in [-0.2, -0.15) is 10.5 Å². The topological polar surface area (TPSA) is 47.6 Å². The van der Waals surface area contributed by atoms with Gasteiger partial charge in [0.25, 0.3) is 0 Å². The summed E-state index contributed by atoms with van der Waals surface area (Å²) >= 11 is 3.40. The number of hydrogen-bond acceptors (Lipinski definition) is 4. The zero-order valence-electron chi connectivity index (χ0n) is 13.5. The predicted octanol–water partition coefficient (Wildman–Crippen LogP) is 5.99. The quantitative estimate of drug-likeness (QED) is 0.390. The largest absolute Gasteiger partial charge is 0.192 e. The van der Waals surface area contributed by atoms with Crippen LogP contribution < -0.4 is 0 Å². The van der Waals surface area contributed by atoms with E-state index in [0.717, 1.165) is 34.1 Å². The number of rotatable bonds is 10. The molecule has 0 radical (unpaired) electrons. The molecule has 0 saturated heterocycles. The summed E-state index contributed by atoms with van der Waals surface area (Å²) in [6.45, 7) is 4.37. The van der Waals surface area contributed by atoms with Gasteiger partial charge in [-0.25, -0.2) is 0 Å². The molecule has 0 bridgehead atoms. The minimum atomic E-state index is 0.560. The first kappa shape index (κ1) is 18.9. The van der Waals surface area contributed by atoms with Crippen molar-refractivity contribution < 1.29 is 0 Å². The maximum atomic E-state index is 9.44. The van der Waals surface area contributed by atoms with E-state index < -0.39 is 0 Å². The van der Waals surface area contributed by atoms with Gasteiger partial charge in [0.2, 0.25) is 0 Å². The number of nitriles is 2. The van der Waals surface area contributed by atoms with Gasteiger partial charge in [0.1, 0.15) is 12.1 Å². The summed E-state index contributed by atoms with van der Waals surface area (Å²) in [5.41, 5.74) is 1.12. The van der Waals surface area contributed by atoms with Gasteiger partial charge in [-0.3, -0.25) is 0 Å². The third kappa shape index (κ3) is 5.95. The Balaban J connectivity index is 2.81. The molecule has 1 aromatic rings. The lowest BCUT2D eigenvalue weighted by Gasteiger charge is -2.09. The first-order chi connectivity index (χ1) is 10.8. The Morgan fingerprint density at radius 2 is 1.18 bits per heavy atom. The van der Waals surface area contributed by atoms with Crippen molar-refractivity contribution in [3.05, 3.63) is 23.3 Å². The fourth-order valence-corrected chi connectivity index (χ4v) is 4.14. The summed E-state index contributed by atoms with van der Waals surface area (Å²) in [4.78, 5) is 1.90. The van der Waals surface area contributed by atoms with Crippen molar-refractivity contribution in [1.82, 2.24) is 0 Å². The molecule has 0 amide bonds. The maximum absolute atomic E-state index is 9.44. The fourth-order valence-electron chi connectivity index (χ4n) is 2.10. The molecule has 1 rings (SSSR count). The lowest BCUT2D eigenvalue weighted by atomic mass is 10.1. The average Bonchev–Trinajstić information content (AvgIpc) is 2.55. The highest BCUT2D eigenvalue weighted by atomic mass is 32.2. The first-order valence-electron chi connectivity index (χ1n) is 8.01. The van der Waals surface area contributed by atoms with Gasteiger partial charge in [0.15, 0.2) is 0 Å². The molecular formula is C18H24N2S2. The van der Waals surface area contributed by atoms with Gasteiger partial charge in [0, 0.05) is 9.79 Å². The summed E-state index contributed by atoms with van der Waals surface area (Å²) in [5, 5.41) is 18.9. The highest BCUT2D eigenvalue weighted by Gasteiger charge is 2.13. The number of benzene rings is 1. The number of nitrogens with zero attached hydrogens (tertiary/aromatic N) is 2. The fraction of sp³-hybridized carbons (Fsp3) is 0.556. The van der Waals surface area contributed by atoms with Crippen LogP contribution in [0.3, 0.4) is 0 Å². The zero-order chi connectivity index (χ0) is 16.2. The van der Waals surface area contributed by atoms with E-state index in [-0.39, 0.29) is 0 Å². The van der Waals surface area contributed by atoms with Crippen molar-refractivity contribution in [3.63, 3.8) is 0 Å². The zero-order valence-corrected chi connectivity index (χ0v) is 15.2. The molecule has 0 N–H and O–H groups in total. The van der Waals surface area contributed by atoms with E-state index >= 15 is 0 Å². The number of thioether (sulfide) groups is 2. The molecule has 0 aliphatic rings. The third-order valence-corrected chi connectivity index (χ3v) is 5.65. The van der Waals surface area contributed by atoms with Crippen LogP contribution in [0.15, 0.2) is 21.9 Å². The number of hydrogen-bond donors (Lipinski definition) is 0. The molecule has 22 heavy (non-hydrogen) atoms. The van der Waals surface area contributed by atoms with Gasteiger partial charge in [-0.05, 0) is 36.5 Å². The number of unbranched alkanes of at least 4 members (excludes halogenated alkanes) is 4. The van der Waals surface area contributed by atoms with E-state index in [4.69, 9.17) is 0 Å². The van der Waals surface area contributed by atoms with Crippen LogP contribution in [0, 0.1) is 22.7 Å². The third-order valence-electron chi connectivity index (χ3n) is 3.36. The lowest BCUT2D eigenvalue weighted by Crippen LogP contribution is -1.93. The second kappa shape index (κ2) is 11.5. The molecule has 118 valence electrons. The summed E-state index contributed by atoms with van der Waals surface area (Å²) in [6, 6.07) is 8.51. The van der Waals surface area contributed by atoms with E-state index in [1.54, 1.807) is 23.5 Å². The van der Waals surface area contributed by atoms with Crippen molar-refractivity contribution in [2.75, 3.05) is 11.5 Å². The molecule has 2 nitrogen and oxygen atoms in total. The standard InChI is InChI=1S/C18H24N2S2/c1-3-5-7-11-21-17-9-10-18(22-12-8-6-4-2)16(14-20)15(17)13-19/h9-10H,3-8,11-12H2,1-2H3. The van der Waals surface area contributed by atoms with Crippen molar-refractivity contribution in [3.8, 4) is 12.1 Å². The summed E-state index contributed by atoms with van der Waals surface area (Å²) in [7, 11) is 0. The summed E-state index contributed by atoms with van der Waals surface area (Å²) < 4.78 is 0. The second-order valence-corrected chi connectivity index (χ2v) is 7.42. The maximum Gasteiger partial charge on any atom is 0.102 e. The Bertz CT molecular complexity index is 492. The van der Waals surface area contributed by atoms with Crippen molar-refractivity contribution >= 4 is 23.5 Å². The summed E-state index contributed by atoms with van der Waals surface area (Å²) in [5.74, 6) is 2.02.